The number of benzene rings is 2. The monoisotopic (exact) mass is 493 g/mol. The molecule has 5 heteroatoms. The van der Waals surface area contributed by atoms with E-state index in [9.17, 15) is 0 Å². The molecule has 1 nitrogen and oxygen atoms in total. The van der Waals surface area contributed by atoms with Crippen molar-refractivity contribution in [1.82, 2.24) is 0 Å². The van der Waals surface area contributed by atoms with Crippen LogP contribution in [0.5, 0.6) is 0 Å². The topological polar surface area (TPSA) is 12.4 Å². The van der Waals surface area contributed by atoms with Crippen LogP contribution in [-0.4, -0.2) is 6.21 Å². The van der Waals surface area contributed by atoms with Crippen LogP contribution in [0.25, 0.3) is 0 Å². The number of para-hydroxylation sites is 1. The summed E-state index contributed by atoms with van der Waals surface area (Å²) in [5.74, 6) is 0. The second-order valence-electron chi connectivity index (χ2n) is 3.48. The lowest BCUT2D eigenvalue weighted by atomic mass is 10.2. The molecule has 0 saturated carbocycles. The van der Waals surface area contributed by atoms with Gasteiger partial charge in [0.2, 0.25) is 0 Å². The first-order valence-corrected chi connectivity index (χ1v) is 8.19. The summed E-state index contributed by atoms with van der Waals surface area (Å²) in [6, 6.07) is 11.8. The number of rotatable bonds is 2. The van der Waals surface area contributed by atoms with Crippen molar-refractivity contribution >= 4 is 75.6 Å². The first-order chi connectivity index (χ1) is 8.59. The zero-order chi connectivity index (χ0) is 13.1. The Kier molecular flexibility index (Phi) is 5.18. The van der Waals surface area contributed by atoms with Crippen LogP contribution in [0.4, 0.5) is 5.69 Å². The Morgan fingerprint density at radius 1 is 0.833 bits per heavy atom. The number of hydrogen-bond donors (Lipinski definition) is 0. The maximum atomic E-state index is 4.44. The average molecular weight is 497 g/mol. The van der Waals surface area contributed by atoms with Crippen molar-refractivity contribution in [3.8, 4) is 0 Å². The lowest BCUT2D eigenvalue weighted by molar-refractivity contribution is 1.46. The van der Waals surface area contributed by atoms with E-state index in [4.69, 9.17) is 0 Å². The third-order valence-electron chi connectivity index (χ3n) is 2.24. The van der Waals surface area contributed by atoms with E-state index in [-0.39, 0.29) is 0 Å². The van der Waals surface area contributed by atoms with Crippen molar-refractivity contribution in [2.75, 3.05) is 0 Å². The van der Waals surface area contributed by atoms with Gasteiger partial charge in [0.25, 0.3) is 0 Å². The van der Waals surface area contributed by atoms with Gasteiger partial charge in [-0.2, -0.15) is 0 Å². The summed E-state index contributed by atoms with van der Waals surface area (Å²) in [6.07, 6.45) is 1.83. The molecular formula is C13H7Br4N. The Bertz CT molecular complexity index is 594. The molecule has 0 heterocycles. The minimum Gasteiger partial charge on any atom is -0.256 e. The van der Waals surface area contributed by atoms with Gasteiger partial charge in [0.05, 0.1) is 5.69 Å². The minimum absolute atomic E-state index is 0.930. The van der Waals surface area contributed by atoms with Gasteiger partial charge in [-0.25, -0.2) is 0 Å². The van der Waals surface area contributed by atoms with Gasteiger partial charge >= 0.3 is 0 Å². The highest BCUT2D eigenvalue weighted by molar-refractivity contribution is 9.15. The second kappa shape index (κ2) is 6.46. The van der Waals surface area contributed by atoms with Crippen LogP contribution < -0.4 is 0 Å². The predicted octanol–water partition coefficient (Wildman–Crippen LogP) is 6.49. The number of halogens is 4. The maximum Gasteiger partial charge on any atom is 0.0629 e. The van der Waals surface area contributed by atoms with Gasteiger partial charge in [0, 0.05) is 29.7 Å². The van der Waals surface area contributed by atoms with Gasteiger partial charge in [0.15, 0.2) is 0 Å². The molecule has 0 radical (unpaired) electrons. The molecule has 0 aromatic heterocycles. The molecule has 92 valence electrons. The molecule has 0 atom stereocenters. The summed E-state index contributed by atoms with van der Waals surface area (Å²) in [6.45, 7) is 0. The Balaban J connectivity index is 2.39. The van der Waals surface area contributed by atoms with Crippen LogP contribution in [0.1, 0.15) is 5.56 Å². The molecule has 0 aliphatic heterocycles. The lowest BCUT2D eigenvalue weighted by Crippen LogP contribution is -1.87. The molecule has 0 N–H and O–H groups in total. The Morgan fingerprint density at radius 3 is 2.17 bits per heavy atom. The van der Waals surface area contributed by atoms with Crippen molar-refractivity contribution in [3.63, 3.8) is 0 Å². The van der Waals surface area contributed by atoms with Crippen LogP contribution in [-0.2, 0) is 0 Å². The van der Waals surface area contributed by atoms with E-state index in [1.807, 2.05) is 42.6 Å². The fraction of sp³-hybridized carbons (Fsp3) is 0. The fourth-order valence-corrected chi connectivity index (χ4v) is 3.49. The molecule has 0 bridgehead atoms. The molecule has 0 unspecified atom stereocenters. The van der Waals surface area contributed by atoms with Gasteiger partial charge in [-0.3, -0.25) is 4.99 Å². The standard InChI is InChI=1S/C13H7Br4N/c14-10-6-8(11(15)13(17)12(10)16)7-18-9-4-2-1-3-5-9/h1-7H. The summed E-state index contributed by atoms with van der Waals surface area (Å²) in [4.78, 5) is 4.44. The fourth-order valence-electron chi connectivity index (χ4n) is 1.34. The third kappa shape index (κ3) is 3.32. The molecule has 0 aliphatic carbocycles. The van der Waals surface area contributed by atoms with E-state index in [1.165, 1.54) is 0 Å². The van der Waals surface area contributed by atoms with E-state index in [0.717, 1.165) is 29.1 Å². The van der Waals surface area contributed by atoms with E-state index >= 15 is 0 Å². The average Bonchev–Trinajstić information content (AvgIpc) is 2.40. The van der Waals surface area contributed by atoms with Gasteiger partial charge in [-0.05, 0) is 81.9 Å². The molecule has 0 fully saturated rings. The van der Waals surface area contributed by atoms with E-state index in [0.29, 0.717) is 0 Å². The Labute approximate surface area is 139 Å². The molecule has 2 aromatic rings. The first-order valence-electron chi connectivity index (χ1n) is 5.01. The van der Waals surface area contributed by atoms with Crippen LogP contribution >= 0.6 is 63.7 Å². The highest BCUT2D eigenvalue weighted by atomic mass is 79.9. The lowest BCUT2D eigenvalue weighted by Gasteiger charge is -2.06. The molecular weight excluding hydrogens is 490 g/mol. The minimum atomic E-state index is 0.930. The first kappa shape index (κ1) is 14.4. The SMILES string of the molecule is Brc1cc(C=Nc2ccccc2)c(Br)c(Br)c1Br. The summed E-state index contributed by atoms with van der Waals surface area (Å²) in [5.41, 5.74) is 1.93. The van der Waals surface area contributed by atoms with Crippen LogP contribution in [0.2, 0.25) is 0 Å². The van der Waals surface area contributed by atoms with Gasteiger partial charge < -0.3 is 0 Å². The van der Waals surface area contributed by atoms with Gasteiger partial charge in [-0.1, -0.05) is 18.2 Å². The summed E-state index contributed by atoms with van der Waals surface area (Å²) >= 11 is 14.1. The number of hydrogen-bond acceptors (Lipinski definition) is 1. The van der Waals surface area contributed by atoms with Crippen molar-refractivity contribution in [2.24, 2.45) is 4.99 Å². The maximum absolute atomic E-state index is 4.44. The highest BCUT2D eigenvalue weighted by Gasteiger charge is 2.10. The highest BCUT2D eigenvalue weighted by Crippen LogP contribution is 2.38. The number of nitrogens with zero attached hydrogens (tertiary/aromatic N) is 1. The van der Waals surface area contributed by atoms with Gasteiger partial charge in [-0.15, -0.1) is 0 Å². The predicted molar refractivity (Wildman–Crippen MR) is 90.9 cm³/mol. The van der Waals surface area contributed by atoms with Crippen LogP contribution in [0, 0.1) is 0 Å². The van der Waals surface area contributed by atoms with E-state index < -0.39 is 0 Å². The summed E-state index contributed by atoms with van der Waals surface area (Å²) in [7, 11) is 0. The van der Waals surface area contributed by atoms with Crippen molar-refractivity contribution < 1.29 is 0 Å². The smallest absolute Gasteiger partial charge is 0.0629 e. The molecule has 0 aliphatic rings. The quantitative estimate of drug-likeness (QED) is 0.256. The van der Waals surface area contributed by atoms with Gasteiger partial charge in [0.1, 0.15) is 0 Å². The molecule has 2 rings (SSSR count). The zero-order valence-electron chi connectivity index (χ0n) is 9.00. The summed E-state index contributed by atoms with van der Waals surface area (Å²) in [5, 5.41) is 0. The zero-order valence-corrected chi connectivity index (χ0v) is 15.3. The van der Waals surface area contributed by atoms with Crippen molar-refractivity contribution in [3.05, 3.63) is 59.9 Å². The van der Waals surface area contributed by atoms with E-state index in [2.05, 4.69) is 68.7 Å². The normalized spacial score (nSPS) is 11.1. The molecule has 0 spiro atoms. The molecule has 18 heavy (non-hydrogen) atoms. The van der Waals surface area contributed by atoms with Crippen molar-refractivity contribution in [1.29, 1.82) is 0 Å². The van der Waals surface area contributed by atoms with Crippen LogP contribution in [0.3, 0.4) is 0 Å². The molecule has 0 saturated heterocycles. The molecule has 2 aromatic carbocycles. The largest absolute Gasteiger partial charge is 0.256 e. The number of aliphatic imine (C=N–C) groups is 1. The third-order valence-corrected chi connectivity index (χ3v) is 6.93. The van der Waals surface area contributed by atoms with E-state index in [1.54, 1.807) is 0 Å². The Morgan fingerprint density at radius 2 is 1.50 bits per heavy atom. The van der Waals surface area contributed by atoms with Crippen LogP contribution in [0.15, 0.2) is 59.3 Å². The molecule has 0 amide bonds. The van der Waals surface area contributed by atoms with Crippen molar-refractivity contribution in [2.45, 2.75) is 0 Å². The summed E-state index contributed by atoms with van der Waals surface area (Å²) < 4.78 is 3.89. The second-order valence-corrected chi connectivity index (χ2v) is 6.72. The Hall–Kier alpha value is 0.0300.